The van der Waals surface area contributed by atoms with Gasteiger partial charge < -0.3 is 0 Å². The highest BCUT2D eigenvalue weighted by atomic mass is 79.9. The summed E-state index contributed by atoms with van der Waals surface area (Å²) < 4.78 is 12.6. The van der Waals surface area contributed by atoms with Crippen LogP contribution in [0.25, 0.3) is 0 Å². The Hall–Kier alpha value is 0.400. The van der Waals surface area contributed by atoms with E-state index in [1.807, 2.05) is 0 Å². The molecule has 0 aliphatic rings. The van der Waals surface area contributed by atoms with Crippen molar-refractivity contribution in [1.29, 1.82) is 0 Å². The van der Waals surface area contributed by atoms with Crippen LogP contribution in [0.15, 0.2) is 18.2 Å². The van der Waals surface area contributed by atoms with Gasteiger partial charge in [0.25, 0.3) is 0 Å². The van der Waals surface area contributed by atoms with E-state index in [9.17, 15) is 4.39 Å². The molecule has 0 bridgehead atoms. The standard InChI is InChI=1S/C7H4Br2ClF/c8-7(9)4-1-2-6(11)5(10)3-4/h1-3,7H. The summed E-state index contributed by atoms with van der Waals surface area (Å²) in [6.07, 6.45) is 0. The van der Waals surface area contributed by atoms with Gasteiger partial charge in [-0.05, 0) is 17.7 Å². The van der Waals surface area contributed by atoms with Crippen LogP contribution >= 0.6 is 43.5 Å². The van der Waals surface area contributed by atoms with Gasteiger partial charge in [-0.15, -0.1) is 0 Å². The maximum atomic E-state index is 12.6. The lowest BCUT2D eigenvalue weighted by Gasteiger charge is -2.01. The molecule has 1 aromatic carbocycles. The molecule has 0 aliphatic carbocycles. The van der Waals surface area contributed by atoms with Gasteiger partial charge >= 0.3 is 0 Å². The van der Waals surface area contributed by atoms with E-state index in [1.54, 1.807) is 12.1 Å². The topological polar surface area (TPSA) is 0 Å². The summed E-state index contributed by atoms with van der Waals surface area (Å²) in [5, 5.41) is 0.145. The van der Waals surface area contributed by atoms with Gasteiger partial charge in [0, 0.05) is 0 Å². The molecule has 4 heteroatoms. The summed E-state index contributed by atoms with van der Waals surface area (Å²) in [5.74, 6) is -0.393. The number of rotatable bonds is 1. The Morgan fingerprint density at radius 1 is 1.36 bits per heavy atom. The molecule has 0 radical (unpaired) electrons. The lowest BCUT2D eigenvalue weighted by atomic mass is 10.2. The molecule has 0 amide bonds. The minimum absolute atomic E-state index is 0.0214. The second-order valence-electron chi connectivity index (χ2n) is 1.97. The Morgan fingerprint density at radius 2 is 2.00 bits per heavy atom. The maximum Gasteiger partial charge on any atom is 0.141 e. The zero-order valence-corrected chi connectivity index (χ0v) is 9.25. The van der Waals surface area contributed by atoms with E-state index in [2.05, 4.69) is 31.9 Å². The summed E-state index contributed by atoms with van der Waals surface area (Å²) in [6.45, 7) is 0. The van der Waals surface area contributed by atoms with E-state index in [-0.39, 0.29) is 8.76 Å². The Morgan fingerprint density at radius 3 is 2.45 bits per heavy atom. The quantitative estimate of drug-likeness (QED) is 0.680. The van der Waals surface area contributed by atoms with Crippen molar-refractivity contribution in [2.45, 2.75) is 3.74 Å². The van der Waals surface area contributed by atoms with Crippen molar-refractivity contribution in [2.75, 3.05) is 0 Å². The number of benzene rings is 1. The van der Waals surface area contributed by atoms with Gasteiger partial charge in [-0.25, -0.2) is 4.39 Å². The molecule has 0 fully saturated rings. The van der Waals surface area contributed by atoms with Crippen LogP contribution in [-0.4, -0.2) is 0 Å². The molecular weight excluding hydrogens is 298 g/mol. The van der Waals surface area contributed by atoms with Crippen LogP contribution in [0, 0.1) is 5.82 Å². The molecule has 0 atom stereocenters. The first kappa shape index (κ1) is 9.49. The van der Waals surface area contributed by atoms with E-state index >= 15 is 0 Å². The van der Waals surface area contributed by atoms with Gasteiger partial charge in [0.1, 0.15) is 5.82 Å². The molecule has 0 nitrogen and oxygen atoms in total. The fourth-order valence-corrected chi connectivity index (χ4v) is 1.41. The van der Waals surface area contributed by atoms with Crippen molar-refractivity contribution in [3.63, 3.8) is 0 Å². The summed E-state index contributed by atoms with van der Waals surface area (Å²) in [6, 6.07) is 4.58. The van der Waals surface area contributed by atoms with E-state index in [0.29, 0.717) is 0 Å². The molecule has 11 heavy (non-hydrogen) atoms. The van der Waals surface area contributed by atoms with Gasteiger partial charge in [0.15, 0.2) is 0 Å². The van der Waals surface area contributed by atoms with Crippen LogP contribution in [0.4, 0.5) is 4.39 Å². The van der Waals surface area contributed by atoms with Crippen molar-refractivity contribution in [2.24, 2.45) is 0 Å². The zero-order valence-electron chi connectivity index (χ0n) is 5.32. The lowest BCUT2D eigenvalue weighted by molar-refractivity contribution is 0.628. The smallest absolute Gasteiger partial charge is 0.141 e. The minimum Gasteiger partial charge on any atom is -0.205 e. The Balaban J connectivity index is 3.05. The van der Waals surface area contributed by atoms with E-state index < -0.39 is 5.82 Å². The highest BCUT2D eigenvalue weighted by Gasteiger charge is 2.05. The fraction of sp³-hybridized carbons (Fsp3) is 0.143. The number of alkyl halides is 2. The van der Waals surface area contributed by atoms with Crippen molar-refractivity contribution >= 4 is 43.5 Å². The first-order valence-electron chi connectivity index (χ1n) is 2.84. The molecule has 0 aromatic heterocycles. The molecule has 0 spiro atoms. The van der Waals surface area contributed by atoms with Crippen molar-refractivity contribution < 1.29 is 4.39 Å². The van der Waals surface area contributed by atoms with Crippen LogP contribution in [-0.2, 0) is 0 Å². The average Bonchev–Trinajstić information content (AvgIpc) is 1.94. The summed E-state index contributed by atoms with van der Waals surface area (Å²) in [5.41, 5.74) is 0.899. The highest BCUT2D eigenvalue weighted by Crippen LogP contribution is 2.31. The first-order chi connectivity index (χ1) is 5.11. The van der Waals surface area contributed by atoms with Gasteiger partial charge in [0.05, 0.1) is 8.76 Å². The van der Waals surface area contributed by atoms with Crippen molar-refractivity contribution in [1.82, 2.24) is 0 Å². The Kier molecular flexibility index (Phi) is 3.34. The molecule has 60 valence electrons. The van der Waals surface area contributed by atoms with Crippen molar-refractivity contribution in [3.8, 4) is 0 Å². The lowest BCUT2D eigenvalue weighted by Crippen LogP contribution is -1.82. The Labute approximate surface area is 86.0 Å². The molecule has 0 saturated carbocycles. The maximum absolute atomic E-state index is 12.6. The third-order valence-corrected chi connectivity index (χ3v) is 2.54. The molecule has 0 unspecified atom stereocenters. The van der Waals surface area contributed by atoms with Gasteiger partial charge in [-0.1, -0.05) is 49.5 Å². The predicted molar refractivity (Wildman–Crippen MR) is 52.0 cm³/mol. The molecule has 0 heterocycles. The summed E-state index contributed by atoms with van der Waals surface area (Å²) in [7, 11) is 0. The second-order valence-corrected chi connectivity index (χ2v) is 5.44. The monoisotopic (exact) mass is 300 g/mol. The van der Waals surface area contributed by atoms with Crippen molar-refractivity contribution in [3.05, 3.63) is 34.6 Å². The molecule has 1 aromatic rings. The van der Waals surface area contributed by atoms with Gasteiger partial charge in [-0.3, -0.25) is 0 Å². The molecular formula is C7H4Br2ClF. The summed E-state index contributed by atoms with van der Waals surface area (Å²) in [4.78, 5) is 0. The third kappa shape index (κ3) is 2.42. The van der Waals surface area contributed by atoms with Crippen LogP contribution in [0.2, 0.25) is 5.02 Å². The van der Waals surface area contributed by atoms with E-state index in [0.717, 1.165) is 5.56 Å². The van der Waals surface area contributed by atoms with Crippen LogP contribution < -0.4 is 0 Å². The minimum atomic E-state index is -0.393. The Bertz CT molecular complexity index is 263. The molecule has 0 N–H and O–H groups in total. The third-order valence-electron chi connectivity index (χ3n) is 1.20. The van der Waals surface area contributed by atoms with E-state index in [1.165, 1.54) is 6.07 Å². The van der Waals surface area contributed by atoms with Gasteiger partial charge in [-0.2, -0.15) is 0 Å². The SMILES string of the molecule is Fc1ccc(C(Br)Br)cc1Cl. The number of halogens is 4. The average molecular weight is 302 g/mol. The summed E-state index contributed by atoms with van der Waals surface area (Å²) >= 11 is 12.1. The van der Waals surface area contributed by atoms with Crippen LogP contribution in [0.5, 0.6) is 0 Å². The van der Waals surface area contributed by atoms with Crippen LogP contribution in [0.1, 0.15) is 9.30 Å². The zero-order chi connectivity index (χ0) is 8.43. The fourth-order valence-electron chi connectivity index (χ4n) is 0.648. The largest absolute Gasteiger partial charge is 0.205 e. The normalized spacial score (nSPS) is 10.6. The second kappa shape index (κ2) is 3.87. The van der Waals surface area contributed by atoms with Crippen LogP contribution in [0.3, 0.4) is 0 Å². The molecule has 1 rings (SSSR count). The molecule has 0 aliphatic heterocycles. The molecule has 0 saturated heterocycles. The highest BCUT2D eigenvalue weighted by molar-refractivity contribution is 9.24. The van der Waals surface area contributed by atoms with E-state index in [4.69, 9.17) is 11.6 Å². The number of hydrogen-bond donors (Lipinski definition) is 0. The first-order valence-corrected chi connectivity index (χ1v) is 5.05. The predicted octanol–water partition coefficient (Wildman–Crippen LogP) is 4.27. The number of hydrogen-bond acceptors (Lipinski definition) is 0. The van der Waals surface area contributed by atoms with Gasteiger partial charge in [0.2, 0.25) is 0 Å².